The number of benzene rings is 1. The molecule has 1 aliphatic rings. The molecule has 2 heteroatoms. The number of unbranched alkanes of at least 4 members (excludes halogenated alkanes) is 4. The molecule has 0 unspecified atom stereocenters. The van der Waals surface area contributed by atoms with E-state index < -0.39 is 0 Å². The lowest BCUT2D eigenvalue weighted by molar-refractivity contribution is 0.688. The molecule has 20 heavy (non-hydrogen) atoms. The monoisotopic (exact) mass is 274 g/mol. The molecule has 112 valence electrons. The van der Waals surface area contributed by atoms with E-state index in [1.54, 1.807) is 0 Å². The Hall–Kier alpha value is -1.18. The zero-order chi connectivity index (χ0) is 14.2. The van der Waals surface area contributed by atoms with Gasteiger partial charge < -0.3 is 10.2 Å². The molecule has 1 N–H and O–H groups in total. The van der Waals surface area contributed by atoms with Gasteiger partial charge >= 0.3 is 0 Å². The molecule has 0 bridgehead atoms. The van der Waals surface area contributed by atoms with E-state index in [2.05, 4.69) is 42.3 Å². The molecule has 0 atom stereocenters. The summed E-state index contributed by atoms with van der Waals surface area (Å²) in [6.45, 7) is 8.06. The standard InChI is InChI=1S/C18H30N2/c1-3-5-7-12-19-17-9-10-18-16(15-17)11-14-20(18)13-8-6-4-2/h9-10,15,19H,3-8,11-14H2,1-2H3. The van der Waals surface area contributed by atoms with Crippen molar-refractivity contribution in [3.8, 4) is 0 Å². The summed E-state index contributed by atoms with van der Waals surface area (Å²) in [5, 5.41) is 3.56. The average molecular weight is 274 g/mol. The normalized spacial score (nSPS) is 13.6. The SMILES string of the molecule is CCCCCNc1ccc2c(c1)CCN2CCCCC. The third-order valence-corrected chi connectivity index (χ3v) is 4.21. The van der Waals surface area contributed by atoms with Crippen molar-refractivity contribution in [3.63, 3.8) is 0 Å². The highest BCUT2D eigenvalue weighted by Crippen LogP contribution is 2.30. The Kier molecular flexibility index (Phi) is 6.23. The molecule has 2 rings (SSSR count). The smallest absolute Gasteiger partial charge is 0.0401 e. The quantitative estimate of drug-likeness (QED) is 0.648. The van der Waals surface area contributed by atoms with Crippen LogP contribution in [0.1, 0.15) is 57.9 Å². The number of nitrogens with zero attached hydrogens (tertiary/aromatic N) is 1. The van der Waals surface area contributed by atoms with Crippen LogP contribution in [0.4, 0.5) is 11.4 Å². The van der Waals surface area contributed by atoms with Crippen LogP contribution in [0.5, 0.6) is 0 Å². The zero-order valence-electron chi connectivity index (χ0n) is 13.3. The Labute approximate surface area is 124 Å². The minimum Gasteiger partial charge on any atom is -0.385 e. The molecule has 0 amide bonds. The summed E-state index contributed by atoms with van der Waals surface area (Å²) in [4.78, 5) is 2.56. The van der Waals surface area contributed by atoms with Crippen molar-refractivity contribution >= 4 is 11.4 Å². The second kappa shape index (κ2) is 8.18. The Morgan fingerprint density at radius 3 is 2.65 bits per heavy atom. The Balaban J connectivity index is 1.86. The van der Waals surface area contributed by atoms with Gasteiger partial charge in [-0.05, 0) is 43.0 Å². The highest BCUT2D eigenvalue weighted by molar-refractivity contribution is 5.64. The molecule has 0 fully saturated rings. The molecular formula is C18H30N2. The summed E-state index contributed by atoms with van der Waals surface area (Å²) in [7, 11) is 0. The second-order valence-corrected chi connectivity index (χ2v) is 5.92. The van der Waals surface area contributed by atoms with Crippen LogP contribution in [-0.2, 0) is 6.42 Å². The molecular weight excluding hydrogens is 244 g/mol. The first-order valence-corrected chi connectivity index (χ1v) is 8.47. The van der Waals surface area contributed by atoms with Crippen LogP contribution >= 0.6 is 0 Å². The molecule has 1 aromatic rings. The fourth-order valence-corrected chi connectivity index (χ4v) is 2.97. The summed E-state index contributed by atoms with van der Waals surface area (Å²) in [5.41, 5.74) is 4.30. The van der Waals surface area contributed by atoms with Gasteiger partial charge in [-0.25, -0.2) is 0 Å². The second-order valence-electron chi connectivity index (χ2n) is 5.92. The molecule has 2 nitrogen and oxygen atoms in total. The van der Waals surface area contributed by atoms with Crippen molar-refractivity contribution in [2.45, 2.75) is 58.8 Å². The molecule has 0 spiro atoms. The highest BCUT2D eigenvalue weighted by Gasteiger charge is 2.18. The summed E-state index contributed by atoms with van der Waals surface area (Å²) in [6.07, 6.45) is 9.08. The van der Waals surface area contributed by atoms with E-state index >= 15 is 0 Å². The van der Waals surface area contributed by atoms with Gasteiger partial charge in [0.05, 0.1) is 0 Å². The van der Waals surface area contributed by atoms with Crippen molar-refractivity contribution in [1.82, 2.24) is 0 Å². The largest absolute Gasteiger partial charge is 0.385 e. The number of nitrogens with one attached hydrogen (secondary N) is 1. The van der Waals surface area contributed by atoms with Gasteiger partial charge in [0.15, 0.2) is 0 Å². The number of hydrogen-bond donors (Lipinski definition) is 1. The minimum atomic E-state index is 1.10. The molecule has 0 saturated heterocycles. The Morgan fingerprint density at radius 2 is 1.85 bits per heavy atom. The number of anilines is 2. The summed E-state index contributed by atoms with van der Waals surface area (Å²) < 4.78 is 0. The Morgan fingerprint density at radius 1 is 1.05 bits per heavy atom. The van der Waals surface area contributed by atoms with Crippen molar-refractivity contribution in [1.29, 1.82) is 0 Å². The first-order valence-electron chi connectivity index (χ1n) is 8.47. The van der Waals surface area contributed by atoms with Crippen molar-refractivity contribution in [3.05, 3.63) is 23.8 Å². The molecule has 0 saturated carbocycles. The van der Waals surface area contributed by atoms with Gasteiger partial charge in [0.25, 0.3) is 0 Å². The summed E-state index contributed by atoms with van der Waals surface area (Å²) >= 11 is 0. The fraction of sp³-hybridized carbons (Fsp3) is 0.667. The molecule has 1 aromatic carbocycles. The first kappa shape index (κ1) is 15.2. The van der Waals surface area contributed by atoms with Gasteiger partial charge in [-0.1, -0.05) is 39.5 Å². The van der Waals surface area contributed by atoms with Crippen molar-refractivity contribution in [2.75, 3.05) is 29.9 Å². The average Bonchev–Trinajstić information content (AvgIpc) is 2.87. The lowest BCUT2D eigenvalue weighted by atomic mass is 10.1. The summed E-state index contributed by atoms with van der Waals surface area (Å²) in [6, 6.07) is 6.93. The highest BCUT2D eigenvalue weighted by atomic mass is 15.1. The van der Waals surface area contributed by atoms with Gasteiger partial charge in [-0.3, -0.25) is 0 Å². The molecule has 1 aliphatic heterocycles. The van der Waals surface area contributed by atoms with Crippen LogP contribution in [0.25, 0.3) is 0 Å². The maximum Gasteiger partial charge on any atom is 0.0401 e. The van der Waals surface area contributed by atoms with Crippen LogP contribution in [-0.4, -0.2) is 19.6 Å². The predicted molar refractivity (Wildman–Crippen MR) is 89.9 cm³/mol. The topological polar surface area (TPSA) is 15.3 Å². The lowest BCUT2D eigenvalue weighted by Crippen LogP contribution is -2.21. The first-order chi connectivity index (χ1) is 9.85. The van der Waals surface area contributed by atoms with E-state index in [4.69, 9.17) is 0 Å². The van der Waals surface area contributed by atoms with Crippen molar-refractivity contribution in [2.24, 2.45) is 0 Å². The van der Waals surface area contributed by atoms with Gasteiger partial charge in [-0.15, -0.1) is 0 Å². The van der Waals surface area contributed by atoms with Crippen LogP contribution in [0.3, 0.4) is 0 Å². The van der Waals surface area contributed by atoms with Crippen molar-refractivity contribution < 1.29 is 0 Å². The maximum atomic E-state index is 3.56. The van der Waals surface area contributed by atoms with E-state index in [1.165, 1.54) is 75.0 Å². The number of hydrogen-bond acceptors (Lipinski definition) is 2. The van der Waals surface area contributed by atoms with E-state index in [0.717, 1.165) is 6.54 Å². The van der Waals surface area contributed by atoms with Gasteiger partial charge in [0.2, 0.25) is 0 Å². The fourth-order valence-electron chi connectivity index (χ4n) is 2.97. The predicted octanol–water partition coefficient (Wildman–Crippen LogP) is 4.84. The Bertz CT molecular complexity index is 400. The van der Waals surface area contributed by atoms with E-state index in [0.29, 0.717) is 0 Å². The van der Waals surface area contributed by atoms with Gasteiger partial charge in [0.1, 0.15) is 0 Å². The summed E-state index contributed by atoms with van der Waals surface area (Å²) in [5.74, 6) is 0. The van der Waals surface area contributed by atoms with E-state index in [-0.39, 0.29) is 0 Å². The molecule has 0 radical (unpaired) electrons. The van der Waals surface area contributed by atoms with Crippen LogP contribution in [0, 0.1) is 0 Å². The minimum absolute atomic E-state index is 1.10. The maximum absolute atomic E-state index is 3.56. The van der Waals surface area contributed by atoms with Crippen LogP contribution in [0.2, 0.25) is 0 Å². The van der Waals surface area contributed by atoms with Gasteiger partial charge in [0, 0.05) is 31.0 Å². The molecule has 1 heterocycles. The lowest BCUT2D eigenvalue weighted by Gasteiger charge is -2.19. The van der Waals surface area contributed by atoms with Gasteiger partial charge in [-0.2, -0.15) is 0 Å². The van der Waals surface area contributed by atoms with E-state index in [1.807, 2.05) is 0 Å². The molecule has 0 aliphatic carbocycles. The molecule has 0 aromatic heterocycles. The number of fused-ring (bicyclic) bond motifs is 1. The zero-order valence-corrected chi connectivity index (χ0v) is 13.3. The third-order valence-electron chi connectivity index (χ3n) is 4.21. The van der Waals surface area contributed by atoms with Crippen LogP contribution in [0.15, 0.2) is 18.2 Å². The third kappa shape index (κ3) is 4.16. The number of rotatable bonds is 9. The van der Waals surface area contributed by atoms with Crippen LogP contribution < -0.4 is 10.2 Å². The van der Waals surface area contributed by atoms with E-state index in [9.17, 15) is 0 Å².